The Kier molecular flexibility index (Phi) is 6.77. The van der Waals surface area contributed by atoms with Crippen LogP contribution in [-0.4, -0.2) is 56.6 Å². The summed E-state index contributed by atoms with van der Waals surface area (Å²) in [6.07, 6.45) is 0.320. The second-order valence-electron chi connectivity index (χ2n) is 9.94. The molecule has 2 aromatic carbocycles. The van der Waals surface area contributed by atoms with Gasteiger partial charge >= 0.3 is 18.0 Å². The minimum Gasteiger partial charge on any atom is -0.497 e. The van der Waals surface area contributed by atoms with E-state index in [-0.39, 0.29) is 17.9 Å². The predicted molar refractivity (Wildman–Crippen MR) is 137 cm³/mol. The van der Waals surface area contributed by atoms with Crippen LogP contribution in [0.2, 0.25) is 0 Å². The highest BCUT2D eigenvalue weighted by molar-refractivity contribution is 6.29. The van der Waals surface area contributed by atoms with E-state index < -0.39 is 46.4 Å². The van der Waals surface area contributed by atoms with Gasteiger partial charge in [0.15, 0.2) is 5.54 Å². The zero-order valence-electron chi connectivity index (χ0n) is 22.1. The van der Waals surface area contributed by atoms with Crippen LogP contribution in [-0.2, 0) is 39.5 Å². The Hall–Kier alpha value is -4.21. The molecule has 3 atom stereocenters. The molecule has 4 rings (SSSR count). The lowest BCUT2D eigenvalue weighted by Gasteiger charge is -2.36. The molecule has 0 saturated heterocycles. The van der Waals surface area contributed by atoms with Crippen molar-refractivity contribution in [3.63, 3.8) is 0 Å². The largest absolute Gasteiger partial charge is 0.497 e. The number of anilines is 1. The van der Waals surface area contributed by atoms with Gasteiger partial charge in [-0.05, 0) is 51.5 Å². The summed E-state index contributed by atoms with van der Waals surface area (Å²) in [5.41, 5.74) is -4.04. The quantitative estimate of drug-likeness (QED) is 0.432. The summed E-state index contributed by atoms with van der Waals surface area (Å²) in [6.45, 7) is 6.61. The molecule has 0 aliphatic carbocycles. The van der Waals surface area contributed by atoms with E-state index >= 15 is 0 Å². The maximum Gasteiger partial charge on any atom is 0.421 e. The molecule has 10 heteroatoms. The van der Waals surface area contributed by atoms with Crippen molar-refractivity contribution in [3.05, 3.63) is 59.7 Å². The minimum atomic E-state index is -1.97. The summed E-state index contributed by atoms with van der Waals surface area (Å²) in [7, 11) is 2.63. The first-order valence-electron chi connectivity index (χ1n) is 12.1. The molecule has 200 valence electrons. The van der Waals surface area contributed by atoms with Gasteiger partial charge in [0.05, 0.1) is 26.5 Å². The van der Waals surface area contributed by atoms with Gasteiger partial charge in [-0.15, -0.1) is 0 Å². The predicted octanol–water partition coefficient (Wildman–Crippen LogP) is 3.55. The number of carbonyl (C=O) groups is 4. The van der Waals surface area contributed by atoms with Gasteiger partial charge in [0.25, 0.3) is 5.91 Å². The van der Waals surface area contributed by atoms with E-state index in [0.717, 1.165) is 4.90 Å². The van der Waals surface area contributed by atoms with Gasteiger partial charge in [0.1, 0.15) is 22.7 Å². The van der Waals surface area contributed by atoms with Gasteiger partial charge in [-0.1, -0.05) is 30.3 Å². The molecule has 2 aromatic rings. The van der Waals surface area contributed by atoms with Crippen LogP contribution < -0.4 is 9.64 Å². The number of hydrogen-bond acceptors (Lipinski definition) is 9. The standard InChI is InChI=1S/C28H30N2O8/c1-7-37-22(31)21-27(16-29-28(21,24(33)36-6)17-11-9-8-10-12-17)19-15-18(35-5)13-14-20(19)30(23(27)32)25(34)38-26(2,3)4/h8-16,21H,7H2,1-6H3/t21-,27-,28-/m0/s1. The van der Waals surface area contributed by atoms with E-state index in [0.29, 0.717) is 11.3 Å². The molecule has 0 N–H and O–H groups in total. The monoisotopic (exact) mass is 522 g/mol. The average Bonchev–Trinajstić information content (AvgIpc) is 3.37. The number of esters is 2. The van der Waals surface area contributed by atoms with Gasteiger partial charge in [-0.2, -0.15) is 0 Å². The molecule has 1 spiro atoms. The highest BCUT2D eigenvalue weighted by Crippen LogP contribution is 2.57. The molecule has 2 amide bonds. The van der Waals surface area contributed by atoms with Crippen LogP contribution in [0.4, 0.5) is 10.5 Å². The molecule has 10 nitrogen and oxygen atoms in total. The summed E-state index contributed by atoms with van der Waals surface area (Å²) in [4.78, 5) is 60.5. The van der Waals surface area contributed by atoms with Crippen molar-refractivity contribution in [2.45, 2.75) is 44.2 Å². The van der Waals surface area contributed by atoms with E-state index in [1.165, 1.54) is 26.5 Å². The number of imide groups is 1. The summed E-state index contributed by atoms with van der Waals surface area (Å²) in [5, 5.41) is 0. The minimum absolute atomic E-state index is 0.0214. The fraction of sp³-hybridized carbons (Fsp3) is 0.393. The number of carbonyl (C=O) groups excluding carboxylic acids is 4. The number of methoxy groups -OCH3 is 2. The molecule has 0 saturated carbocycles. The lowest BCUT2D eigenvalue weighted by atomic mass is 9.64. The highest BCUT2D eigenvalue weighted by Gasteiger charge is 2.72. The molecule has 2 aliphatic heterocycles. The number of fused-ring (bicyclic) bond motifs is 2. The molecule has 38 heavy (non-hydrogen) atoms. The molecule has 2 heterocycles. The van der Waals surface area contributed by atoms with Crippen LogP contribution >= 0.6 is 0 Å². The van der Waals surface area contributed by atoms with E-state index in [1.54, 1.807) is 70.2 Å². The van der Waals surface area contributed by atoms with Crippen molar-refractivity contribution in [1.82, 2.24) is 0 Å². The maximum atomic E-state index is 14.4. The lowest BCUT2D eigenvalue weighted by molar-refractivity contribution is -0.163. The zero-order valence-corrected chi connectivity index (χ0v) is 22.1. The molecular weight excluding hydrogens is 492 g/mol. The van der Waals surface area contributed by atoms with Crippen molar-refractivity contribution in [2.24, 2.45) is 10.9 Å². The molecular formula is C28H30N2O8. The van der Waals surface area contributed by atoms with E-state index in [1.807, 2.05) is 0 Å². The Morgan fingerprint density at radius 3 is 2.32 bits per heavy atom. The fourth-order valence-corrected chi connectivity index (χ4v) is 5.11. The summed E-state index contributed by atoms with van der Waals surface area (Å²) < 4.78 is 21.5. The first-order chi connectivity index (χ1) is 18.0. The van der Waals surface area contributed by atoms with Gasteiger partial charge < -0.3 is 18.9 Å². The Morgan fingerprint density at radius 1 is 1.05 bits per heavy atom. The van der Waals surface area contributed by atoms with Crippen LogP contribution in [0.25, 0.3) is 0 Å². The number of nitrogens with zero attached hydrogens (tertiary/aromatic N) is 2. The van der Waals surface area contributed by atoms with Crippen LogP contribution in [0.1, 0.15) is 38.8 Å². The summed E-state index contributed by atoms with van der Waals surface area (Å²) >= 11 is 0. The second kappa shape index (κ2) is 9.59. The average molecular weight is 523 g/mol. The number of amides is 2. The van der Waals surface area contributed by atoms with E-state index in [9.17, 15) is 19.2 Å². The SMILES string of the molecule is CCOC(=O)[C@H]1[C@@]2(C=N[C@@]1(C(=O)OC)c1ccccc1)C(=O)N(C(=O)OC(C)(C)C)c1ccc(OC)cc12. The normalized spacial score (nSPS) is 23.8. The van der Waals surface area contributed by atoms with E-state index in [4.69, 9.17) is 18.9 Å². The van der Waals surface area contributed by atoms with Gasteiger partial charge in [-0.3, -0.25) is 14.6 Å². The third-order valence-corrected chi connectivity index (χ3v) is 6.60. The second-order valence-corrected chi connectivity index (χ2v) is 9.94. The van der Waals surface area contributed by atoms with Gasteiger partial charge in [-0.25, -0.2) is 14.5 Å². The Balaban J connectivity index is 2.04. The first kappa shape index (κ1) is 26.8. The number of aliphatic imine (C=N–C) groups is 1. The molecule has 0 fully saturated rings. The zero-order chi connectivity index (χ0) is 27.9. The van der Waals surface area contributed by atoms with Crippen LogP contribution in [0.15, 0.2) is 53.5 Å². The van der Waals surface area contributed by atoms with Gasteiger partial charge in [0, 0.05) is 11.8 Å². The molecule has 0 bridgehead atoms. The smallest absolute Gasteiger partial charge is 0.421 e. The van der Waals surface area contributed by atoms with Gasteiger partial charge in [0.2, 0.25) is 0 Å². The summed E-state index contributed by atoms with van der Waals surface area (Å²) in [5.74, 6) is -3.70. The van der Waals surface area contributed by atoms with Crippen LogP contribution in [0.3, 0.4) is 0 Å². The first-order valence-corrected chi connectivity index (χ1v) is 12.1. The molecule has 0 radical (unpaired) electrons. The molecule has 2 aliphatic rings. The third kappa shape index (κ3) is 3.91. The van der Waals surface area contributed by atoms with Crippen LogP contribution in [0, 0.1) is 5.92 Å². The Labute approximate surface area is 220 Å². The third-order valence-electron chi connectivity index (χ3n) is 6.60. The molecule has 0 unspecified atom stereocenters. The van der Waals surface area contributed by atoms with Crippen molar-refractivity contribution < 1.29 is 38.1 Å². The lowest BCUT2D eigenvalue weighted by Crippen LogP contribution is -2.56. The van der Waals surface area contributed by atoms with Crippen LogP contribution in [0.5, 0.6) is 5.75 Å². The maximum absolute atomic E-state index is 14.4. The number of ether oxygens (including phenoxy) is 4. The van der Waals surface area contributed by atoms with Crippen molar-refractivity contribution >= 4 is 35.8 Å². The van der Waals surface area contributed by atoms with Crippen molar-refractivity contribution in [3.8, 4) is 5.75 Å². The fourth-order valence-electron chi connectivity index (χ4n) is 5.11. The van der Waals surface area contributed by atoms with Crippen molar-refractivity contribution in [1.29, 1.82) is 0 Å². The molecule has 0 aromatic heterocycles. The Bertz CT molecular complexity index is 1320. The van der Waals surface area contributed by atoms with Crippen molar-refractivity contribution in [2.75, 3.05) is 25.7 Å². The topological polar surface area (TPSA) is 121 Å². The summed E-state index contributed by atoms with van der Waals surface area (Å²) in [6, 6.07) is 13.0. The number of benzene rings is 2. The van der Waals surface area contributed by atoms with E-state index in [2.05, 4.69) is 4.99 Å². The number of hydrogen-bond donors (Lipinski definition) is 0. The Morgan fingerprint density at radius 2 is 1.74 bits per heavy atom. The highest BCUT2D eigenvalue weighted by atomic mass is 16.6. The number of rotatable bonds is 5.